The summed E-state index contributed by atoms with van der Waals surface area (Å²) in [6.07, 6.45) is 0. The summed E-state index contributed by atoms with van der Waals surface area (Å²) in [7, 11) is 4.58. The second-order valence-electron chi connectivity index (χ2n) is 2.56. The highest BCUT2D eigenvalue weighted by Gasteiger charge is 2.16. The molecule has 0 atom stereocenters. The summed E-state index contributed by atoms with van der Waals surface area (Å²) >= 11 is 0. The lowest BCUT2D eigenvalue weighted by molar-refractivity contribution is -0.0763. The number of hydrogen-bond donors (Lipinski definition) is 1. The summed E-state index contributed by atoms with van der Waals surface area (Å²) in [6.45, 7) is 0. The van der Waals surface area contributed by atoms with Crippen LogP contribution in [0.4, 0.5) is 5.82 Å². The van der Waals surface area contributed by atoms with Crippen molar-refractivity contribution >= 4 is 11.7 Å². The van der Waals surface area contributed by atoms with Crippen LogP contribution >= 0.6 is 0 Å². The molecule has 0 fully saturated rings. The topological polar surface area (TPSA) is 73.4 Å². The molecule has 1 heterocycles. The molecule has 0 saturated carbocycles. The SMILES string of the molecule is CON(C)C(=O)c1cc(N)nn1C. The van der Waals surface area contributed by atoms with E-state index in [0.29, 0.717) is 11.5 Å². The van der Waals surface area contributed by atoms with E-state index in [1.54, 1.807) is 7.05 Å². The Morgan fingerprint density at radius 2 is 2.38 bits per heavy atom. The van der Waals surface area contributed by atoms with Gasteiger partial charge in [-0.3, -0.25) is 14.3 Å². The van der Waals surface area contributed by atoms with Gasteiger partial charge in [0.05, 0.1) is 7.11 Å². The van der Waals surface area contributed by atoms with E-state index in [2.05, 4.69) is 5.10 Å². The summed E-state index contributed by atoms with van der Waals surface area (Å²) in [4.78, 5) is 16.2. The van der Waals surface area contributed by atoms with Gasteiger partial charge in [0.1, 0.15) is 11.5 Å². The van der Waals surface area contributed by atoms with E-state index in [-0.39, 0.29) is 5.91 Å². The predicted octanol–water partition coefficient (Wildman–Crippen LogP) is -0.364. The molecule has 1 amide bonds. The van der Waals surface area contributed by atoms with Crippen LogP contribution in [0.2, 0.25) is 0 Å². The number of carbonyl (C=O) groups excluding carboxylic acids is 1. The first-order valence-corrected chi connectivity index (χ1v) is 3.68. The Labute approximate surface area is 75.8 Å². The fourth-order valence-electron chi connectivity index (χ4n) is 0.934. The first-order valence-electron chi connectivity index (χ1n) is 3.68. The van der Waals surface area contributed by atoms with Crippen molar-refractivity contribution in [3.05, 3.63) is 11.8 Å². The molecule has 0 aliphatic rings. The van der Waals surface area contributed by atoms with E-state index in [1.807, 2.05) is 0 Å². The van der Waals surface area contributed by atoms with Gasteiger partial charge in [-0.1, -0.05) is 0 Å². The van der Waals surface area contributed by atoms with Crippen molar-refractivity contribution in [2.45, 2.75) is 0 Å². The predicted molar refractivity (Wildman–Crippen MR) is 46.7 cm³/mol. The van der Waals surface area contributed by atoms with Crippen LogP contribution in [0.1, 0.15) is 10.5 Å². The zero-order valence-electron chi connectivity index (χ0n) is 7.81. The third-order valence-electron chi connectivity index (χ3n) is 1.68. The number of nitrogens with zero attached hydrogens (tertiary/aromatic N) is 3. The summed E-state index contributed by atoms with van der Waals surface area (Å²) in [6, 6.07) is 1.50. The largest absolute Gasteiger partial charge is 0.382 e. The van der Waals surface area contributed by atoms with Crippen molar-refractivity contribution in [2.24, 2.45) is 7.05 Å². The van der Waals surface area contributed by atoms with E-state index in [0.717, 1.165) is 5.06 Å². The Morgan fingerprint density at radius 3 is 2.77 bits per heavy atom. The first-order chi connectivity index (χ1) is 6.06. The van der Waals surface area contributed by atoms with E-state index in [9.17, 15) is 4.79 Å². The van der Waals surface area contributed by atoms with Gasteiger partial charge >= 0.3 is 0 Å². The minimum atomic E-state index is -0.283. The van der Waals surface area contributed by atoms with Crippen molar-refractivity contribution in [2.75, 3.05) is 19.9 Å². The highest BCUT2D eigenvalue weighted by molar-refractivity contribution is 5.92. The quantitative estimate of drug-likeness (QED) is 0.637. The molecule has 1 rings (SSSR count). The molecule has 0 spiro atoms. The van der Waals surface area contributed by atoms with E-state index < -0.39 is 0 Å². The number of hydroxylamine groups is 2. The van der Waals surface area contributed by atoms with Crippen LogP contribution in [-0.2, 0) is 11.9 Å². The van der Waals surface area contributed by atoms with Crippen LogP contribution in [0.15, 0.2) is 6.07 Å². The molecule has 0 aliphatic carbocycles. The molecule has 1 aromatic heterocycles. The second-order valence-corrected chi connectivity index (χ2v) is 2.56. The van der Waals surface area contributed by atoms with E-state index >= 15 is 0 Å². The number of carbonyl (C=O) groups is 1. The Bertz CT molecular complexity index is 320. The maximum atomic E-state index is 11.5. The number of nitrogen functional groups attached to an aromatic ring is 1. The Kier molecular flexibility index (Phi) is 2.52. The lowest BCUT2D eigenvalue weighted by atomic mass is 10.4. The van der Waals surface area contributed by atoms with Crippen LogP contribution in [-0.4, -0.2) is 34.9 Å². The molecular formula is C7H12N4O2. The maximum Gasteiger partial charge on any atom is 0.295 e. The van der Waals surface area contributed by atoms with Crippen molar-refractivity contribution in [1.29, 1.82) is 0 Å². The minimum absolute atomic E-state index is 0.283. The molecule has 0 aliphatic heterocycles. The fraction of sp³-hybridized carbons (Fsp3) is 0.429. The number of hydrogen-bond acceptors (Lipinski definition) is 4. The minimum Gasteiger partial charge on any atom is -0.382 e. The number of amides is 1. The third-order valence-corrected chi connectivity index (χ3v) is 1.68. The standard InChI is InChI=1S/C7H12N4O2/c1-10-5(4-6(8)9-10)7(12)11(2)13-3/h4H,1-3H3,(H2,8,9). The first kappa shape index (κ1) is 9.53. The summed E-state index contributed by atoms with van der Waals surface area (Å²) in [5, 5.41) is 4.95. The second kappa shape index (κ2) is 3.44. The van der Waals surface area contributed by atoms with Crippen molar-refractivity contribution in [1.82, 2.24) is 14.8 Å². The summed E-state index contributed by atoms with van der Waals surface area (Å²) < 4.78 is 1.41. The lowest BCUT2D eigenvalue weighted by Gasteiger charge is -2.12. The molecule has 1 aromatic rings. The molecule has 6 heteroatoms. The molecule has 6 nitrogen and oxygen atoms in total. The number of anilines is 1. The van der Waals surface area contributed by atoms with E-state index in [1.165, 1.54) is 24.9 Å². The smallest absolute Gasteiger partial charge is 0.295 e. The van der Waals surface area contributed by atoms with Gasteiger partial charge in [0, 0.05) is 20.2 Å². The highest BCUT2D eigenvalue weighted by atomic mass is 16.7. The van der Waals surface area contributed by atoms with Gasteiger partial charge in [-0.05, 0) is 0 Å². The normalized spacial score (nSPS) is 10.1. The van der Waals surface area contributed by atoms with Gasteiger partial charge in [-0.15, -0.1) is 0 Å². The number of nitrogens with two attached hydrogens (primary N) is 1. The monoisotopic (exact) mass is 184 g/mol. The van der Waals surface area contributed by atoms with Crippen LogP contribution in [0.5, 0.6) is 0 Å². The van der Waals surface area contributed by atoms with Gasteiger partial charge in [0.25, 0.3) is 5.91 Å². The number of aryl methyl sites for hydroxylation is 1. The molecule has 0 unspecified atom stereocenters. The van der Waals surface area contributed by atoms with Crippen molar-refractivity contribution in [3.8, 4) is 0 Å². The molecule has 0 bridgehead atoms. The molecule has 72 valence electrons. The number of aromatic nitrogens is 2. The van der Waals surface area contributed by atoms with Gasteiger partial charge in [-0.25, -0.2) is 5.06 Å². The average Bonchev–Trinajstić information content (AvgIpc) is 2.42. The Morgan fingerprint density at radius 1 is 1.77 bits per heavy atom. The third kappa shape index (κ3) is 1.78. The van der Waals surface area contributed by atoms with Crippen LogP contribution in [0.3, 0.4) is 0 Å². The van der Waals surface area contributed by atoms with E-state index in [4.69, 9.17) is 10.6 Å². The summed E-state index contributed by atoms with van der Waals surface area (Å²) in [5.74, 6) is 0.0320. The van der Waals surface area contributed by atoms with Crippen LogP contribution in [0, 0.1) is 0 Å². The van der Waals surface area contributed by atoms with Crippen molar-refractivity contribution < 1.29 is 9.63 Å². The highest BCUT2D eigenvalue weighted by Crippen LogP contribution is 2.06. The van der Waals surface area contributed by atoms with Gasteiger partial charge < -0.3 is 5.73 Å². The molecule has 13 heavy (non-hydrogen) atoms. The van der Waals surface area contributed by atoms with Gasteiger partial charge in [0.2, 0.25) is 0 Å². The molecule has 0 saturated heterocycles. The average molecular weight is 184 g/mol. The van der Waals surface area contributed by atoms with Gasteiger partial charge in [-0.2, -0.15) is 5.10 Å². The van der Waals surface area contributed by atoms with Gasteiger partial charge in [0.15, 0.2) is 0 Å². The number of rotatable bonds is 2. The molecule has 2 N–H and O–H groups in total. The Balaban J connectivity index is 2.94. The van der Waals surface area contributed by atoms with Crippen molar-refractivity contribution in [3.63, 3.8) is 0 Å². The molecule has 0 radical (unpaired) electrons. The maximum absolute atomic E-state index is 11.5. The molecular weight excluding hydrogens is 172 g/mol. The lowest BCUT2D eigenvalue weighted by Crippen LogP contribution is -2.27. The summed E-state index contributed by atoms with van der Waals surface area (Å²) in [5.41, 5.74) is 5.81. The molecule has 0 aromatic carbocycles. The fourth-order valence-corrected chi connectivity index (χ4v) is 0.934. The Hall–Kier alpha value is -1.56. The van der Waals surface area contributed by atoms with Crippen LogP contribution in [0.25, 0.3) is 0 Å². The van der Waals surface area contributed by atoms with Crippen LogP contribution < -0.4 is 5.73 Å². The zero-order valence-corrected chi connectivity index (χ0v) is 7.81. The zero-order chi connectivity index (χ0) is 10.0.